The topological polar surface area (TPSA) is 72.2 Å². The van der Waals surface area contributed by atoms with Gasteiger partial charge in [-0.2, -0.15) is 0 Å². The molecule has 4 nitrogen and oxygen atoms in total. The van der Waals surface area contributed by atoms with Crippen LogP contribution in [-0.2, 0) is 11.2 Å². The number of amides is 2. The Morgan fingerprint density at radius 1 is 1.09 bits per heavy atom. The van der Waals surface area contributed by atoms with Crippen molar-refractivity contribution in [1.29, 1.82) is 0 Å². The number of rotatable bonds is 6. The van der Waals surface area contributed by atoms with Crippen molar-refractivity contribution in [3.05, 3.63) is 93.6 Å². The van der Waals surface area contributed by atoms with Gasteiger partial charge >= 0.3 is 0 Å². The SMILES string of the molecule is CC(NC(=O)c1cccc(-c2cccc3cc(Cc4cc(F)cc(Cl)c4)sc23)c1)C(N)=O. The van der Waals surface area contributed by atoms with E-state index in [-0.39, 0.29) is 11.7 Å². The molecule has 1 unspecified atom stereocenters. The molecular formula is C25H20ClFN2O2S. The van der Waals surface area contributed by atoms with Crippen LogP contribution in [0.2, 0.25) is 5.02 Å². The maximum absolute atomic E-state index is 13.7. The second-order valence-electron chi connectivity index (χ2n) is 7.57. The summed E-state index contributed by atoms with van der Waals surface area (Å²) in [5.41, 5.74) is 8.37. The molecule has 162 valence electrons. The molecule has 0 aliphatic rings. The standard InChI is InChI=1S/C25H20ClFN2O2S/c1-14(24(28)30)29-25(31)18-6-2-4-16(11-18)22-7-3-5-17-12-21(32-23(17)22)10-15-8-19(26)13-20(27)9-15/h2-9,11-14H,10H2,1H3,(H2,28,30)(H,29,31). The monoisotopic (exact) mass is 466 g/mol. The third-order valence-electron chi connectivity index (χ3n) is 5.11. The highest BCUT2D eigenvalue weighted by Crippen LogP contribution is 2.36. The Morgan fingerprint density at radius 2 is 1.88 bits per heavy atom. The first-order valence-electron chi connectivity index (χ1n) is 9.97. The lowest BCUT2D eigenvalue weighted by molar-refractivity contribution is -0.119. The summed E-state index contributed by atoms with van der Waals surface area (Å²) in [5.74, 6) is -1.31. The maximum Gasteiger partial charge on any atom is 0.251 e. The van der Waals surface area contributed by atoms with Crippen LogP contribution in [0.1, 0.15) is 27.7 Å². The van der Waals surface area contributed by atoms with Gasteiger partial charge in [-0.1, -0.05) is 41.9 Å². The van der Waals surface area contributed by atoms with Crippen LogP contribution in [0.25, 0.3) is 21.2 Å². The normalized spacial score (nSPS) is 12.0. The third kappa shape index (κ3) is 4.82. The summed E-state index contributed by atoms with van der Waals surface area (Å²) in [5, 5.41) is 4.05. The second kappa shape index (κ2) is 9.10. The smallest absolute Gasteiger partial charge is 0.251 e. The number of hydrogen-bond acceptors (Lipinski definition) is 3. The van der Waals surface area contributed by atoms with Crippen LogP contribution in [0.5, 0.6) is 0 Å². The Morgan fingerprint density at radius 3 is 2.62 bits per heavy atom. The molecule has 1 aromatic heterocycles. The van der Waals surface area contributed by atoms with E-state index in [1.165, 1.54) is 12.1 Å². The minimum atomic E-state index is -0.759. The molecule has 3 N–H and O–H groups in total. The van der Waals surface area contributed by atoms with Gasteiger partial charge in [-0.05, 0) is 65.4 Å². The summed E-state index contributed by atoms with van der Waals surface area (Å²) in [7, 11) is 0. The molecule has 3 aromatic carbocycles. The number of primary amides is 1. The zero-order chi connectivity index (χ0) is 22.8. The number of nitrogens with one attached hydrogen (secondary N) is 1. The molecule has 1 atom stereocenters. The quantitative estimate of drug-likeness (QED) is 0.390. The summed E-state index contributed by atoms with van der Waals surface area (Å²) in [6.07, 6.45) is 0.573. The van der Waals surface area contributed by atoms with Crippen molar-refractivity contribution in [2.45, 2.75) is 19.4 Å². The zero-order valence-electron chi connectivity index (χ0n) is 17.2. The van der Waals surface area contributed by atoms with E-state index < -0.39 is 11.9 Å². The number of thiophene rings is 1. The summed E-state index contributed by atoms with van der Waals surface area (Å²) in [6, 6.07) is 19.1. The van der Waals surface area contributed by atoms with Gasteiger partial charge < -0.3 is 11.1 Å². The largest absolute Gasteiger partial charge is 0.368 e. The van der Waals surface area contributed by atoms with E-state index in [2.05, 4.69) is 11.4 Å². The molecule has 0 radical (unpaired) electrons. The fraction of sp³-hybridized carbons (Fsp3) is 0.120. The first kappa shape index (κ1) is 22.0. The van der Waals surface area contributed by atoms with E-state index in [1.54, 1.807) is 42.5 Å². The van der Waals surface area contributed by atoms with E-state index in [0.29, 0.717) is 17.0 Å². The van der Waals surface area contributed by atoms with Crippen molar-refractivity contribution in [3.8, 4) is 11.1 Å². The molecule has 0 aliphatic heterocycles. The first-order valence-corrected chi connectivity index (χ1v) is 11.2. The molecule has 0 aliphatic carbocycles. The van der Waals surface area contributed by atoms with Gasteiger partial charge in [0.1, 0.15) is 11.9 Å². The van der Waals surface area contributed by atoms with Gasteiger partial charge in [0.25, 0.3) is 5.91 Å². The summed E-state index contributed by atoms with van der Waals surface area (Å²) >= 11 is 7.62. The van der Waals surface area contributed by atoms with Crippen LogP contribution in [0.15, 0.2) is 66.7 Å². The lowest BCUT2D eigenvalue weighted by Gasteiger charge is -2.11. The number of hydrogen-bond donors (Lipinski definition) is 2. The highest BCUT2D eigenvalue weighted by Gasteiger charge is 2.15. The van der Waals surface area contributed by atoms with Gasteiger partial charge in [-0.15, -0.1) is 11.3 Å². The van der Waals surface area contributed by atoms with Crippen molar-refractivity contribution < 1.29 is 14.0 Å². The van der Waals surface area contributed by atoms with Crippen molar-refractivity contribution >= 4 is 44.8 Å². The molecule has 0 saturated heterocycles. The molecule has 0 saturated carbocycles. The molecular weight excluding hydrogens is 447 g/mol. The van der Waals surface area contributed by atoms with Gasteiger partial charge in [-0.25, -0.2) is 4.39 Å². The van der Waals surface area contributed by atoms with Crippen LogP contribution >= 0.6 is 22.9 Å². The number of nitrogens with two attached hydrogens (primary N) is 1. The van der Waals surface area contributed by atoms with Crippen LogP contribution < -0.4 is 11.1 Å². The average molecular weight is 467 g/mol. The molecule has 0 bridgehead atoms. The fourth-order valence-corrected chi connectivity index (χ4v) is 5.00. The lowest BCUT2D eigenvalue weighted by atomic mass is 10.0. The number of carbonyl (C=O) groups is 2. The van der Waals surface area contributed by atoms with Crippen molar-refractivity contribution in [2.24, 2.45) is 5.73 Å². The highest BCUT2D eigenvalue weighted by molar-refractivity contribution is 7.19. The van der Waals surface area contributed by atoms with Crippen LogP contribution in [0, 0.1) is 5.82 Å². The molecule has 7 heteroatoms. The van der Waals surface area contributed by atoms with Crippen LogP contribution in [0.3, 0.4) is 0 Å². The molecule has 32 heavy (non-hydrogen) atoms. The fourth-order valence-electron chi connectivity index (χ4n) is 3.52. The molecule has 0 fully saturated rings. The van der Waals surface area contributed by atoms with Crippen LogP contribution in [-0.4, -0.2) is 17.9 Å². The molecule has 2 amide bonds. The summed E-state index contributed by atoms with van der Waals surface area (Å²) in [6.45, 7) is 1.55. The lowest BCUT2D eigenvalue weighted by Crippen LogP contribution is -2.42. The van der Waals surface area contributed by atoms with E-state index in [0.717, 1.165) is 31.7 Å². The van der Waals surface area contributed by atoms with E-state index >= 15 is 0 Å². The van der Waals surface area contributed by atoms with Gasteiger partial charge in [0, 0.05) is 26.6 Å². The van der Waals surface area contributed by atoms with Crippen molar-refractivity contribution in [2.75, 3.05) is 0 Å². The molecule has 0 spiro atoms. The highest BCUT2D eigenvalue weighted by atomic mass is 35.5. The number of fused-ring (bicyclic) bond motifs is 1. The third-order valence-corrected chi connectivity index (χ3v) is 6.51. The minimum Gasteiger partial charge on any atom is -0.368 e. The van der Waals surface area contributed by atoms with Gasteiger partial charge in [0.2, 0.25) is 5.91 Å². The predicted octanol–water partition coefficient (Wildman–Crippen LogP) is 5.56. The van der Waals surface area contributed by atoms with Gasteiger partial charge in [-0.3, -0.25) is 9.59 Å². The predicted molar refractivity (Wildman–Crippen MR) is 128 cm³/mol. The zero-order valence-corrected chi connectivity index (χ0v) is 18.8. The Labute approximate surface area is 193 Å². The van der Waals surface area contributed by atoms with Crippen molar-refractivity contribution in [3.63, 3.8) is 0 Å². The summed E-state index contributed by atoms with van der Waals surface area (Å²) < 4.78 is 14.8. The van der Waals surface area contributed by atoms with Crippen molar-refractivity contribution in [1.82, 2.24) is 5.32 Å². The molecule has 4 aromatic rings. The van der Waals surface area contributed by atoms with E-state index in [4.69, 9.17) is 17.3 Å². The molecule has 1 heterocycles. The summed E-state index contributed by atoms with van der Waals surface area (Å²) in [4.78, 5) is 24.8. The average Bonchev–Trinajstić information content (AvgIpc) is 3.15. The first-order chi connectivity index (χ1) is 15.3. The number of carbonyl (C=O) groups excluding carboxylic acids is 2. The minimum absolute atomic E-state index is 0.352. The number of benzene rings is 3. The molecule has 4 rings (SSSR count). The van der Waals surface area contributed by atoms with Gasteiger partial charge in [0.15, 0.2) is 0 Å². The Balaban J connectivity index is 1.66. The Bertz CT molecular complexity index is 1310. The maximum atomic E-state index is 13.7. The van der Waals surface area contributed by atoms with Gasteiger partial charge in [0.05, 0.1) is 0 Å². The van der Waals surface area contributed by atoms with E-state index in [1.807, 2.05) is 24.3 Å². The second-order valence-corrected chi connectivity index (χ2v) is 9.14. The van der Waals surface area contributed by atoms with Crippen LogP contribution in [0.4, 0.5) is 4.39 Å². The number of halogens is 2. The Kier molecular flexibility index (Phi) is 6.26. The Hall–Kier alpha value is -3.22. The van der Waals surface area contributed by atoms with E-state index in [9.17, 15) is 14.0 Å².